The third kappa shape index (κ3) is 3.27. The first-order chi connectivity index (χ1) is 16.6. The van der Waals surface area contributed by atoms with Crippen LogP contribution in [-0.2, 0) is 17.9 Å². The minimum atomic E-state index is -0.503. The second-order valence-corrected chi connectivity index (χ2v) is 8.36. The molecule has 0 saturated carbocycles. The predicted octanol–water partition coefficient (Wildman–Crippen LogP) is 3.51. The standard InChI is InChI=1S/C26H21N5O3/c1-16(21-13-28-30-8-9-34-15-24(21)30)10-17-6-7-20-22(11-17)29-26(33)31(25(20)32)23-14-27-12-18-4-2-3-5-19(18)23/h2-7,10-14H,8-9,15H2,1H3,(H,29,33)/b16-10-. The molecule has 1 aliphatic heterocycles. The number of aromatic nitrogens is 5. The molecule has 0 bridgehead atoms. The van der Waals surface area contributed by atoms with Gasteiger partial charge in [-0.3, -0.25) is 14.5 Å². The topological polar surface area (TPSA) is 94.8 Å². The van der Waals surface area contributed by atoms with Gasteiger partial charge >= 0.3 is 5.69 Å². The summed E-state index contributed by atoms with van der Waals surface area (Å²) < 4.78 is 8.71. The molecule has 0 spiro atoms. The van der Waals surface area contributed by atoms with Crippen molar-refractivity contribution in [3.05, 3.63) is 98.7 Å². The van der Waals surface area contributed by atoms with E-state index in [-0.39, 0.29) is 5.56 Å². The zero-order valence-corrected chi connectivity index (χ0v) is 18.5. The Hall–Kier alpha value is -4.30. The van der Waals surface area contributed by atoms with Crippen LogP contribution in [0.5, 0.6) is 0 Å². The SMILES string of the molecule is C/C(=C/c1ccc2c(=O)n(-c3cncc4ccccc34)c(=O)[nH]c2c1)c1cnn2c1COCC2. The van der Waals surface area contributed by atoms with Gasteiger partial charge in [0.25, 0.3) is 5.56 Å². The van der Waals surface area contributed by atoms with Crippen LogP contribution in [0.15, 0.2) is 70.6 Å². The van der Waals surface area contributed by atoms with Gasteiger partial charge in [0, 0.05) is 22.5 Å². The summed E-state index contributed by atoms with van der Waals surface area (Å²) in [4.78, 5) is 33.5. The first kappa shape index (κ1) is 20.3. The number of fused-ring (bicyclic) bond motifs is 3. The maximum Gasteiger partial charge on any atom is 0.333 e. The molecule has 0 radical (unpaired) electrons. The number of H-pyrrole nitrogens is 1. The summed E-state index contributed by atoms with van der Waals surface area (Å²) in [7, 11) is 0. The van der Waals surface area contributed by atoms with Gasteiger partial charge in [-0.15, -0.1) is 0 Å². The summed E-state index contributed by atoms with van der Waals surface area (Å²) in [5.41, 5.74) is 4.06. The number of hydrogen-bond acceptors (Lipinski definition) is 5. The van der Waals surface area contributed by atoms with Crippen LogP contribution in [0.2, 0.25) is 0 Å². The van der Waals surface area contributed by atoms with Crippen LogP contribution in [-0.4, -0.2) is 30.9 Å². The van der Waals surface area contributed by atoms with Gasteiger partial charge in [-0.1, -0.05) is 36.4 Å². The van der Waals surface area contributed by atoms with E-state index in [4.69, 9.17) is 4.74 Å². The lowest BCUT2D eigenvalue weighted by Crippen LogP contribution is -2.33. The molecule has 5 aromatic rings. The number of rotatable bonds is 3. The van der Waals surface area contributed by atoms with Crippen molar-refractivity contribution < 1.29 is 4.74 Å². The predicted molar refractivity (Wildman–Crippen MR) is 131 cm³/mol. The van der Waals surface area contributed by atoms with E-state index < -0.39 is 5.69 Å². The van der Waals surface area contributed by atoms with Crippen LogP contribution in [0.4, 0.5) is 0 Å². The molecule has 8 heteroatoms. The summed E-state index contributed by atoms with van der Waals surface area (Å²) in [6, 6.07) is 13.0. The molecule has 1 N–H and O–H groups in total. The lowest BCUT2D eigenvalue weighted by molar-refractivity contribution is 0.0799. The Balaban J connectivity index is 1.45. The molecule has 0 atom stereocenters. The normalized spacial score (nSPS) is 14.0. The molecule has 0 saturated heterocycles. The van der Waals surface area contributed by atoms with E-state index in [2.05, 4.69) is 15.1 Å². The van der Waals surface area contributed by atoms with Gasteiger partial charge in [0.05, 0.1) is 54.4 Å². The molecule has 2 aromatic carbocycles. The van der Waals surface area contributed by atoms with Crippen molar-refractivity contribution >= 4 is 33.3 Å². The van der Waals surface area contributed by atoms with Crippen LogP contribution in [0.25, 0.3) is 39.0 Å². The zero-order chi connectivity index (χ0) is 23.2. The monoisotopic (exact) mass is 451 g/mol. The average molecular weight is 451 g/mol. The average Bonchev–Trinajstić information content (AvgIpc) is 3.28. The number of allylic oxidation sites excluding steroid dienone is 1. The third-order valence-electron chi connectivity index (χ3n) is 6.25. The van der Waals surface area contributed by atoms with Crippen LogP contribution < -0.4 is 11.2 Å². The summed E-state index contributed by atoms with van der Waals surface area (Å²) in [5.74, 6) is 0. The summed E-state index contributed by atoms with van der Waals surface area (Å²) in [6.45, 7) is 3.97. The lowest BCUT2D eigenvalue weighted by Gasteiger charge is -2.15. The molecular weight excluding hydrogens is 430 g/mol. The maximum absolute atomic E-state index is 13.3. The van der Waals surface area contributed by atoms with Crippen LogP contribution in [0.1, 0.15) is 23.7 Å². The molecule has 6 rings (SSSR count). The van der Waals surface area contributed by atoms with E-state index in [1.54, 1.807) is 18.5 Å². The smallest absolute Gasteiger partial charge is 0.333 e. The molecule has 8 nitrogen and oxygen atoms in total. The minimum Gasteiger partial charge on any atom is -0.373 e. The molecule has 3 aromatic heterocycles. The second-order valence-electron chi connectivity index (χ2n) is 8.36. The van der Waals surface area contributed by atoms with Crippen LogP contribution in [0.3, 0.4) is 0 Å². The van der Waals surface area contributed by atoms with E-state index in [0.717, 1.165) is 44.3 Å². The Morgan fingerprint density at radius 3 is 2.88 bits per heavy atom. The highest BCUT2D eigenvalue weighted by Gasteiger charge is 2.16. The number of benzene rings is 2. The van der Waals surface area contributed by atoms with Crippen molar-refractivity contribution in [3.63, 3.8) is 0 Å². The largest absolute Gasteiger partial charge is 0.373 e. The number of hydrogen-bond donors (Lipinski definition) is 1. The molecule has 34 heavy (non-hydrogen) atoms. The molecule has 168 valence electrons. The summed E-state index contributed by atoms with van der Waals surface area (Å²) >= 11 is 0. The Labute approximate surface area is 193 Å². The van der Waals surface area contributed by atoms with E-state index in [1.807, 2.05) is 60.3 Å². The van der Waals surface area contributed by atoms with E-state index in [0.29, 0.717) is 29.8 Å². The maximum atomic E-state index is 13.3. The quantitative estimate of drug-likeness (QED) is 0.453. The van der Waals surface area contributed by atoms with Gasteiger partial charge in [0.2, 0.25) is 0 Å². The number of ether oxygens (including phenoxy) is 1. The summed E-state index contributed by atoms with van der Waals surface area (Å²) in [5, 5.41) is 6.52. The number of pyridine rings is 1. The Kier molecular flexibility index (Phi) is 4.74. The van der Waals surface area contributed by atoms with E-state index >= 15 is 0 Å². The van der Waals surface area contributed by atoms with E-state index in [9.17, 15) is 9.59 Å². The highest BCUT2D eigenvalue weighted by molar-refractivity contribution is 5.90. The van der Waals surface area contributed by atoms with Crippen molar-refractivity contribution in [3.8, 4) is 5.69 Å². The summed E-state index contributed by atoms with van der Waals surface area (Å²) in [6.07, 6.45) is 7.13. The molecule has 1 aliphatic rings. The van der Waals surface area contributed by atoms with Gasteiger partial charge < -0.3 is 9.72 Å². The second kappa shape index (κ2) is 7.93. The van der Waals surface area contributed by atoms with Gasteiger partial charge in [-0.25, -0.2) is 9.36 Å². The number of nitrogens with one attached hydrogen (secondary N) is 1. The fraction of sp³-hybridized carbons (Fsp3) is 0.154. The highest BCUT2D eigenvalue weighted by atomic mass is 16.5. The fourth-order valence-electron chi connectivity index (χ4n) is 4.56. The van der Waals surface area contributed by atoms with Gasteiger partial charge in [-0.05, 0) is 30.2 Å². The van der Waals surface area contributed by atoms with Gasteiger partial charge in [0.15, 0.2) is 0 Å². The molecule has 4 heterocycles. The van der Waals surface area contributed by atoms with Gasteiger partial charge in [-0.2, -0.15) is 5.10 Å². The number of aromatic amines is 1. The Bertz CT molecular complexity index is 1720. The highest BCUT2D eigenvalue weighted by Crippen LogP contribution is 2.25. The molecule has 0 aliphatic carbocycles. The first-order valence-corrected chi connectivity index (χ1v) is 11.0. The molecular formula is C26H21N5O3. The van der Waals surface area contributed by atoms with Crippen molar-refractivity contribution in [2.24, 2.45) is 0 Å². The van der Waals surface area contributed by atoms with Gasteiger partial charge in [0.1, 0.15) is 0 Å². The number of nitrogens with zero attached hydrogens (tertiary/aromatic N) is 4. The van der Waals surface area contributed by atoms with Crippen molar-refractivity contribution in [2.45, 2.75) is 20.1 Å². The van der Waals surface area contributed by atoms with Crippen LogP contribution >= 0.6 is 0 Å². The van der Waals surface area contributed by atoms with E-state index in [1.165, 1.54) is 0 Å². The van der Waals surface area contributed by atoms with Crippen LogP contribution in [0, 0.1) is 0 Å². The molecule has 0 amide bonds. The molecule has 0 fully saturated rings. The minimum absolute atomic E-state index is 0.382. The fourth-order valence-corrected chi connectivity index (χ4v) is 4.56. The van der Waals surface area contributed by atoms with Crippen molar-refractivity contribution in [1.29, 1.82) is 0 Å². The van der Waals surface area contributed by atoms with Crippen molar-refractivity contribution in [2.75, 3.05) is 6.61 Å². The lowest BCUT2D eigenvalue weighted by atomic mass is 10.0. The first-order valence-electron chi connectivity index (χ1n) is 11.0. The zero-order valence-electron chi connectivity index (χ0n) is 18.5. The van der Waals surface area contributed by atoms with Crippen molar-refractivity contribution in [1.82, 2.24) is 24.3 Å². The third-order valence-corrected chi connectivity index (χ3v) is 6.25. The molecule has 0 unspecified atom stereocenters. The Morgan fingerprint density at radius 2 is 1.97 bits per heavy atom. The Morgan fingerprint density at radius 1 is 1.09 bits per heavy atom.